The van der Waals surface area contributed by atoms with Gasteiger partial charge in [-0.15, -0.1) is 6.58 Å². The number of carbonyl (C=O) groups excluding carboxylic acids is 1. The molecule has 0 atom stereocenters. The van der Waals surface area contributed by atoms with Gasteiger partial charge < -0.3 is 10.1 Å². The summed E-state index contributed by atoms with van der Waals surface area (Å²) in [5.74, 6) is 0.126. The van der Waals surface area contributed by atoms with E-state index in [1.165, 1.54) is 24.3 Å². The molecule has 0 aliphatic carbocycles. The highest BCUT2D eigenvalue weighted by atomic mass is 32.2. The summed E-state index contributed by atoms with van der Waals surface area (Å²) < 4.78 is 32.6. The van der Waals surface area contributed by atoms with Crippen molar-refractivity contribution in [2.45, 2.75) is 11.8 Å². The highest BCUT2D eigenvalue weighted by Gasteiger charge is 2.14. The minimum absolute atomic E-state index is 0.109. The van der Waals surface area contributed by atoms with Gasteiger partial charge in [0.25, 0.3) is 15.9 Å². The second kappa shape index (κ2) is 8.34. The number of ether oxygens (including phenoxy) is 1. The van der Waals surface area contributed by atoms with Crippen molar-refractivity contribution in [3.63, 3.8) is 0 Å². The fourth-order valence-electron chi connectivity index (χ4n) is 2.02. The topological polar surface area (TPSA) is 84.5 Å². The van der Waals surface area contributed by atoms with Crippen LogP contribution in [0.1, 0.15) is 5.56 Å². The summed E-state index contributed by atoms with van der Waals surface area (Å²) >= 11 is 0. The Morgan fingerprint density at radius 1 is 1.20 bits per heavy atom. The fourth-order valence-corrected chi connectivity index (χ4v) is 3.07. The largest absolute Gasteiger partial charge is 0.484 e. The zero-order valence-corrected chi connectivity index (χ0v) is 14.7. The molecule has 1 amide bonds. The third-order valence-electron chi connectivity index (χ3n) is 3.22. The lowest BCUT2D eigenvalue weighted by Gasteiger charge is -2.10. The van der Waals surface area contributed by atoms with Crippen molar-refractivity contribution in [1.29, 1.82) is 0 Å². The van der Waals surface area contributed by atoms with Crippen LogP contribution in [0, 0.1) is 6.92 Å². The van der Waals surface area contributed by atoms with Crippen molar-refractivity contribution < 1.29 is 17.9 Å². The number of benzene rings is 2. The highest BCUT2D eigenvalue weighted by Crippen LogP contribution is 2.19. The molecule has 2 rings (SSSR count). The van der Waals surface area contributed by atoms with Gasteiger partial charge in [0.2, 0.25) is 0 Å². The van der Waals surface area contributed by atoms with Crippen LogP contribution in [0.5, 0.6) is 5.75 Å². The molecule has 6 nitrogen and oxygen atoms in total. The second-order valence-electron chi connectivity index (χ2n) is 5.33. The first kappa shape index (κ1) is 18.5. The Bertz CT molecular complexity index is 846. The Balaban J connectivity index is 2.00. The van der Waals surface area contributed by atoms with Gasteiger partial charge in [0, 0.05) is 12.2 Å². The molecule has 0 fully saturated rings. The number of aryl methyl sites for hydroxylation is 1. The van der Waals surface area contributed by atoms with E-state index in [1.807, 2.05) is 13.0 Å². The van der Waals surface area contributed by atoms with E-state index in [1.54, 1.807) is 24.3 Å². The van der Waals surface area contributed by atoms with Crippen LogP contribution in [0.4, 0.5) is 5.69 Å². The number of anilines is 1. The maximum Gasteiger partial charge on any atom is 0.261 e. The highest BCUT2D eigenvalue weighted by molar-refractivity contribution is 7.92. The average Bonchev–Trinajstić information content (AvgIpc) is 2.58. The van der Waals surface area contributed by atoms with Crippen LogP contribution < -0.4 is 14.8 Å². The van der Waals surface area contributed by atoms with Gasteiger partial charge in [-0.05, 0) is 48.9 Å². The monoisotopic (exact) mass is 360 g/mol. The standard InChI is InChI=1S/C18H20N2O4S/c1-3-11-19-18(21)13-24-16-7-9-17(10-8-16)25(22,23)20-15-6-4-5-14(2)12-15/h3-10,12,20H,1,11,13H2,2H3,(H,19,21). The minimum Gasteiger partial charge on any atom is -0.484 e. The van der Waals surface area contributed by atoms with Gasteiger partial charge in [0.15, 0.2) is 6.61 Å². The smallest absolute Gasteiger partial charge is 0.261 e. The second-order valence-corrected chi connectivity index (χ2v) is 7.01. The first-order chi connectivity index (χ1) is 11.9. The van der Waals surface area contributed by atoms with E-state index in [2.05, 4.69) is 16.6 Å². The lowest BCUT2D eigenvalue weighted by atomic mass is 10.2. The first-order valence-electron chi connectivity index (χ1n) is 7.60. The summed E-state index contributed by atoms with van der Waals surface area (Å²) in [5.41, 5.74) is 1.46. The zero-order chi connectivity index (χ0) is 18.3. The van der Waals surface area contributed by atoms with Crippen LogP contribution in [0.15, 0.2) is 66.1 Å². The number of amides is 1. The quantitative estimate of drug-likeness (QED) is 0.708. The summed E-state index contributed by atoms with van der Waals surface area (Å²) in [5, 5.41) is 2.58. The van der Waals surface area contributed by atoms with Crippen LogP contribution in [0.2, 0.25) is 0 Å². The van der Waals surface area contributed by atoms with Crippen molar-refractivity contribution in [2.24, 2.45) is 0 Å². The van der Waals surface area contributed by atoms with Crippen molar-refractivity contribution in [3.8, 4) is 5.75 Å². The maximum absolute atomic E-state index is 12.4. The number of sulfonamides is 1. The fraction of sp³-hybridized carbons (Fsp3) is 0.167. The number of carbonyl (C=O) groups is 1. The van der Waals surface area contributed by atoms with Gasteiger partial charge in [-0.2, -0.15) is 0 Å². The van der Waals surface area contributed by atoms with E-state index in [4.69, 9.17) is 4.74 Å². The van der Waals surface area contributed by atoms with Crippen LogP contribution in [-0.2, 0) is 14.8 Å². The van der Waals surface area contributed by atoms with E-state index in [0.717, 1.165) is 5.56 Å². The summed E-state index contributed by atoms with van der Waals surface area (Å²) in [6.45, 7) is 5.60. The summed E-state index contributed by atoms with van der Waals surface area (Å²) in [7, 11) is -3.69. The first-order valence-corrected chi connectivity index (χ1v) is 9.09. The van der Waals surface area contributed by atoms with Crippen LogP contribution in [-0.4, -0.2) is 27.5 Å². The Morgan fingerprint density at radius 3 is 2.56 bits per heavy atom. The lowest BCUT2D eigenvalue weighted by molar-refractivity contribution is -0.122. The van der Waals surface area contributed by atoms with Crippen LogP contribution in [0.25, 0.3) is 0 Å². The molecular weight excluding hydrogens is 340 g/mol. The van der Waals surface area contributed by atoms with Crippen LogP contribution >= 0.6 is 0 Å². The van der Waals surface area contributed by atoms with E-state index < -0.39 is 10.0 Å². The number of hydrogen-bond acceptors (Lipinski definition) is 4. The average molecular weight is 360 g/mol. The summed E-state index contributed by atoms with van der Waals surface area (Å²) in [4.78, 5) is 11.6. The Morgan fingerprint density at radius 2 is 1.92 bits per heavy atom. The van der Waals surface area contributed by atoms with Crippen molar-refractivity contribution in [2.75, 3.05) is 17.9 Å². The molecule has 2 N–H and O–H groups in total. The molecule has 0 heterocycles. The molecule has 2 aromatic carbocycles. The number of hydrogen-bond donors (Lipinski definition) is 2. The number of nitrogens with one attached hydrogen (secondary N) is 2. The molecule has 0 spiro atoms. The minimum atomic E-state index is -3.69. The lowest BCUT2D eigenvalue weighted by Crippen LogP contribution is -2.28. The van der Waals surface area contributed by atoms with Crippen molar-refractivity contribution in [3.05, 3.63) is 66.7 Å². The van der Waals surface area contributed by atoms with Crippen LogP contribution in [0.3, 0.4) is 0 Å². The van der Waals surface area contributed by atoms with E-state index in [-0.39, 0.29) is 17.4 Å². The Hall–Kier alpha value is -2.80. The molecule has 0 aliphatic heterocycles. The SMILES string of the molecule is C=CCNC(=O)COc1ccc(S(=O)(=O)Nc2cccc(C)c2)cc1. The van der Waals surface area contributed by atoms with Crippen molar-refractivity contribution >= 4 is 21.6 Å². The van der Waals surface area contributed by atoms with Gasteiger partial charge in [-0.3, -0.25) is 9.52 Å². The van der Waals surface area contributed by atoms with E-state index in [9.17, 15) is 13.2 Å². The molecule has 0 saturated carbocycles. The van der Waals surface area contributed by atoms with Gasteiger partial charge in [0.05, 0.1) is 4.90 Å². The van der Waals surface area contributed by atoms with E-state index >= 15 is 0 Å². The molecule has 0 bridgehead atoms. The molecule has 0 radical (unpaired) electrons. The van der Waals surface area contributed by atoms with Gasteiger partial charge in [-0.1, -0.05) is 18.2 Å². The summed E-state index contributed by atoms with van der Waals surface area (Å²) in [6, 6.07) is 13.0. The predicted molar refractivity (Wildman–Crippen MR) is 97.1 cm³/mol. The summed E-state index contributed by atoms with van der Waals surface area (Å²) in [6.07, 6.45) is 1.57. The molecular formula is C18H20N2O4S. The normalized spacial score (nSPS) is 10.8. The third-order valence-corrected chi connectivity index (χ3v) is 4.62. The van der Waals surface area contributed by atoms with E-state index in [0.29, 0.717) is 18.0 Å². The molecule has 0 aromatic heterocycles. The van der Waals surface area contributed by atoms with Crippen molar-refractivity contribution in [1.82, 2.24) is 5.32 Å². The zero-order valence-electron chi connectivity index (χ0n) is 13.9. The Kier molecular flexibility index (Phi) is 6.19. The molecule has 0 aliphatic rings. The third kappa shape index (κ3) is 5.65. The van der Waals surface area contributed by atoms with Gasteiger partial charge in [0.1, 0.15) is 5.75 Å². The molecule has 25 heavy (non-hydrogen) atoms. The Labute approximate surface area is 147 Å². The predicted octanol–water partition coefficient (Wildman–Crippen LogP) is 2.48. The molecule has 132 valence electrons. The van der Waals surface area contributed by atoms with Gasteiger partial charge in [-0.25, -0.2) is 8.42 Å². The molecule has 7 heteroatoms. The molecule has 0 unspecified atom stereocenters. The molecule has 2 aromatic rings. The van der Waals surface area contributed by atoms with Gasteiger partial charge >= 0.3 is 0 Å². The number of rotatable bonds is 8. The molecule has 0 saturated heterocycles. The maximum atomic E-state index is 12.4.